The van der Waals surface area contributed by atoms with Crippen LogP contribution in [0.1, 0.15) is 127 Å². The van der Waals surface area contributed by atoms with Gasteiger partial charge in [-0.05, 0) is 126 Å². The molecule has 7 heterocycles. The molecule has 510 valence electrons. The van der Waals surface area contributed by atoms with Gasteiger partial charge in [0.25, 0.3) is 0 Å². The predicted molar refractivity (Wildman–Crippen MR) is 346 cm³/mol. The van der Waals surface area contributed by atoms with E-state index in [1.54, 1.807) is 19.6 Å². The number of likely N-dealkylation sites (tertiary alicyclic amines) is 4. The van der Waals surface area contributed by atoms with Crippen LogP contribution < -0.4 is 10.6 Å². The van der Waals surface area contributed by atoms with Gasteiger partial charge in [0, 0.05) is 150 Å². The lowest BCUT2D eigenvalue weighted by atomic mass is 10.2. The van der Waals surface area contributed by atoms with E-state index in [2.05, 4.69) is 27.4 Å². The fourth-order valence-electron chi connectivity index (χ4n) is 10.5. The number of hydrogen-bond donors (Lipinski definition) is 4. The first kappa shape index (κ1) is 76.3. The summed E-state index contributed by atoms with van der Waals surface area (Å²) >= 11 is 0. The Morgan fingerprint density at radius 2 is 0.722 bits per heavy atom. The molecule has 0 bridgehead atoms. The van der Waals surface area contributed by atoms with Gasteiger partial charge < -0.3 is 78.7 Å². The second-order valence-corrected chi connectivity index (χ2v) is 27.6. The quantitative estimate of drug-likeness (QED) is 0.200. The third-order valence-electron chi connectivity index (χ3n) is 15.1. The Morgan fingerprint density at radius 3 is 1.07 bits per heavy atom. The average Bonchev–Trinajstić information content (AvgIpc) is 2.80. The van der Waals surface area contributed by atoms with Crippen LogP contribution in [-0.4, -0.2) is 265 Å². The largest absolute Gasteiger partial charge is 0.445 e. The second-order valence-electron chi connectivity index (χ2n) is 27.6. The van der Waals surface area contributed by atoms with Crippen molar-refractivity contribution in [3.8, 4) is 0 Å². The average molecular weight is 1270 g/mol. The van der Waals surface area contributed by atoms with Gasteiger partial charge in [-0.1, -0.05) is 67.6 Å². The Kier molecular flexibility index (Phi) is 31.7. The first-order valence-electron chi connectivity index (χ1n) is 32.3. The summed E-state index contributed by atoms with van der Waals surface area (Å²) in [4.78, 5) is 86.4. The fraction of sp³-hybridized carbons (Fsp3) is 0.727. The second kappa shape index (κ2) is 37.4. The molecule has 7 saturated heterocycles. The van der Waals surface area contributed by atoms with Gasteiger partial charge in [-0.25, -0.2) is 28.8 Å². The van der Waals surface area contributed by atoms with Crippen molar-refractivity contribution in [3.05, 3.63) is 71.8 Å². The number of carbonyl (C=O) groups is 6. The zero-order valence-electron chi connectivity index (χ0n) is 56.8. The molecule has 9 rings (SSSR count). The normalized spacial score (nSPS) is 21.4. The number of benzene rings is 2. The third kappa shape index (κ3) is 29.8. The maximum atomic E-state index is 12.3. The fourth-order valence-corrected chi connectivity index (χ4v) is 10.5. The predicted octanol–water partition coefficient (Wildman–Crippen LogP) is 7.94. The minimum absolute atomic E-state index is 0.167. The summed E-state index contributed by atoms with van der Waals surface area (Å²) < 4.78 is 31.9. The molecule has 24 nitrogen and oxygen atoms in total. The van der Waals surface area contributed by atoms with Crippen LogP contribution in [0.5, 0.6) is 0 Å². The number of nitrogens with zero attached hydrogens (tertiary/aromatic N) is 8. The Hall–Kier alpha value is -6.18. The van der Waals surface area contributed by atoms with Crippen LogP contribution in [0.3, 0.4) is 0 Å². The van der Waals surface area contributed by atoms with Crippen LogP contribution in [0.4, 0.5) is 28.8 Å². The van der Waals surface area contributed by atoms with Gasteiger partial charge in [0.15, 0.2) is 0 Å². The van der Waals surface area contributed by atoms with E-state index in [1.807, 2.05) is 149 Å². The number of aliphatic hydroxyl groups is 2. The molecule has 24 heteroatoms. The minimum atomic E-state index is -0.471. The maximum Gasteiger partial charge on any atom is 0.410 e. The highest BCUT2D eigenvalue weighted by Crippen LogP contribution is 2.23. The number of carbonyl (C=O) groups excluding carboxylic acids is 6. The number of amides is 6. The molecule has 4 N–H and O–H groups in total. The summed E-state index contributed by atoms with van der Waals surface area (Å²) in [5.74, 6) is 0.618. The van der Waals surface area contributed by atoms with Crippen LogP contribution >= 0.6 is 0 Å². The number of ether oxygens (including phenoxy) is 6. The number of aliphatic hydroxyl groups excluding tert-OH is 2. The minimum Gasteiger partial charge on any atom is -0.445 e. The Bertz CT molecular complexity index is 2390. The zero-order valence-corrected chi connectivity index (χ0v) is 56.8. The highest BCUT2D eigenvalue weighted by atomic mass is 16.6. The Labute approximate surface area is 537 Å². The maximum absolute atomic E-state index is 12.3. The van der Waals surface area contributed by atoms with Gasteiger partial charge in [0.1, 0.15) is 35.6 Å². The molecule has 0 spiro atoms. The molecule has 90 heavy (non-hydrogen) atoms. The van der Waals surface area contributed by atoms with Crippen molar-refractivity contribution in [3.63, 3.8) is 0 Å². The lowest BCUT2D eigenvalue weighted by Gasteiger charge is -2.37. The van der Waals surface area contributed by atoms with Gasteiger partial charge in [-0.15, -0.1) is 0 Å². The van der Waals surface area contributed by atoms with Crippen molar-refractivity contribution >= 4 is 36.6 Å². The highest BCUT2D eigenvalue weighted by Gasteiger charge is 2.37. The van der Waals surface area contributed by atoms with E-state index >= 15 is 0 Å². The third-order valence-corrected chi connectivity index (χ3v) is 15.1. The number of β-amino-alcohol motifs (C(OH)–C–C–N with tert-alkyl or cyclic N) is 1. The molecular formula is C66H112N10O14. The molecule has 6 amide bonds. The highest BCUT2D eigenvalue weighted by molar-refractivity contribution is 5.70. The number of nitrogens with one attached hydrogen (secondary N) is 2. The molecule has 7 aliphatic heterocycles. The Balaban J connectivity index is 0.000000247. The molecule has 4 atom stereocenters. The van der Waals surface area contributed by atoms with Crippen molar-refractivity contribution in [1.29, 1.82) is 0 Å². The molecule has 0 unspecified atom stereocenters. The molecule has 2 aromatic carbocycles. The van der Waals surface area contributed by atoms with E-state index in [4.69, 9.17) is 33.5 Å². The lowest BCUT2D eigenvalue weighted by molar-refractivity contribution is 0.0258. The first-order valence-corrected chi connectivity index (χ1v) is 32.3. The lowest BCUT2D eigenvalue weighted by Crippen LogP contribution is -2.52. The van der Waals surface area contributed by atoms with E-state index in [-0.39, 0.29) is 48.3 Å². The van der Waals surface area contributed by atoms with Gasteiger partial charge >= 0.3 is 36.6 Å². The van der Waals surface area contributed by atoms with Gasteiger partial charge in [-0.3, -0.25) is 9.80 Å². The molecular weight excluding hydrogens is 1160 g/mol. The van der Waals surface area contributed by atoms with E-state index in [9.17, 15) is 33.9 Å². The molecule has 0 aliphatic carbocycles. The van der Waals surface area contributed by atoms with Crippen LogP contribution in [0.25, 0.3) is 0 Å². The van der Waals surface area contributed by atoms with E-state index in [0.29, 0.717) is 70.4 Å². The summed E-state index contributed by atoms with van der Waals surface area (Å²) in [7, 11) is 1.00. The smallest absolute Gasteiger partial charge is 0.410 e. The van der Waals surface area contributed by atoms with Crippen molar-refractivity contribution in [2.24, 2.45) is 5.92 Å². The van der Waals surface area contributed by atoms with Crippen molar-refractivity contribution in [2.75, 3.05) is 138 Å². The standard InChI is InChI=1S/C21H31N3O4.C13H25N3O2.C12H16N2O2.C10H19NO2.C9H17NO3.CH4O/c1-21(2,3)28-20(26)24-10-9-18(15-24)22-11-13-23(14-12-22)19(25)27-16-17-7-5-4-6-8-17;1-13(2,3)18-12(17)16-7-4-11(10-16)15-8-5-14-6-9-15;15-12(14-8-6-13-7-9-14)16-10-11-4-2-1-3-5-11;1-8-5-6-11(7-8)9(12)13-10(2,3)4;1-9(2,3)13-8(12)10-5-4-7(11)6-10;1-2/h4-8,18H,9-16H2,1-3H3;11,14H,4-10H2,1-3H3;1-5,13H,6-10H2;8H,5-7H2,1-4H3;7,11H,4-6H2,1-3H3;2H,1H3/t18-;11-;;8-;7-;/m11.00./s1. The summed E-state index contributed by atoms with van der Waals surface area (Å²) in [6.07, 6.45) is 2.00. The van der Waals surface area contributed by atoms with Crippen LogP contribution in [-0.2, 0) is 41.6 Å². The van der Waals surface area contributed by atoms with Gasteiger partial charge in [0.2, 0.25) is 0 Å². The van der Waals surface area contributed by atoms with Crippen LogP contribution in [0, 0.1) is 5.92 Å². The Morgan fingerprint density at radius 1 is 0.400 bits per heavy atom. The number of piperazine rings is 3. The van der Waals surface area contributed by atoms with Crippen molar-refractivity contribution in [1.82, 2.24) is 49.8 Å². The summed E-state index contributed by atoms with van der Waals surface area (Å²) in [5, 5.41) is 22.7. The zero-order chi connectivity index (χ0) is 66.7. The summed E-state index contributed by atoms with van der Waals surface area (Å²) in [6, 6.07) is 20.3. The van der Waals surface area contributed by atoms with Gasteiger partial charge in [0.05, 0.1) is 6.10 Å². The van der Waals surface area contributed by atoms with Crippen LogP contribution in [0.15, 0.2) is 60.7 Å². The molecule has 0 saturated carbocycles. The first-order chi connectivity index (χ1) is 42.4. The SMILES string of the molecule is CC(C)(C)OC(=O)N1CC[C@@H](N2CCN(C(=O)OCc3ccccc3)CC2)C1.CC(C)(C)OC(=O)N1CC[C@@H](N2CCNCC2)C1.CC(C)(C)OC(=O)N1CC[C@H](O)C1.CO.C[C@H]1CCN(C(=O)OC(C)(C)C)C1.O=C(OCc1ccccc1)N1CCNCC1. The van der Waals surface area contributed by atoms with E-state index in [0.717, 1.165) is 136 Å². The van der Waals surface area contributed by atoms with Crippen molar-refractivity contribution < 1.29 is 67.4 Å². The molecule has 7 fully saturated rings. The topological polar surface area (TPSA) is 248 Å². The molecule has 0 radical (unpaired) electrons. The van der Waals surface area contributed by atoms with E-state index in [1.165, 1.54) is 4.90 Å². The van der Waals surface area contributed by atoms with Crippen LogP contribution in [0.2, 0.25) is 0 Å². The van der Waals surface area contributed by atoms with Gasteiger partial charge in [-0.2, -0.15) is 0 Å². The molecule has 7 aliphatic rings. The monoisotopic (exact) mass is 1270 g/mol. The summed E-state index contributed by atoms with van der Waals surface area (Å²) in [5.41, 5.74) is 0.312. The molecule has 2 aromatic rings. The van der Waals surface area contributed by atoms with Crippen molar-refractivity contribution in [2.45, 2.75) is 169 Å². The number of hydrogen-bond acceptors (Lipinski definition) is 18. The summed E-state index contributed by atoms with van der Waals surface area (Å²) in [6.45, 7) is 41.4. The number of rotatable bonds is 6. The molecule has 0 aromatic heterocycles. The van der Waals surface area contributed by atoms with E-state index < -0.39 is 16.8 Å².